The molecule has 2 saturated heterocycles. The quantitative estimate of drug-likeness (QED) is 0.0823. The zero-order valence-electron chi connectivity index (χ0n) is 38.8. The number of hydrogen-bond acceptors (Lipinski definition) is 8. The van der Waals surface area contributed by atoms with Gasteiger partial charge in [-0.1, -0.05) is 54.1 Å². The van der Waals surface area contributed by atoms with E-state index < -0.39 is 15.6 Å². The number of likely N-dealkylation sites (tertiary alicyclic amines) is 1. The molecule has 350 valence electrons. The van der Waals surface area contributed by atoms with Gasteiger partial charge in [-0.25, -0.2) is 8.42 Å². The van der Waals surface area contributed by atoms with E-state index in [-0.39, 0.29) is 16.8 Å². The largest absolute Gasteiger partial charge is 0.390 e. The number of nitrogens with one attached hydrogen (secondary N) is 2. The molecule has 1 aromatic heterocycles. The molecule has 1 saturated carbocycles. The lowest BCUT2D eigenvalue weighted by Crippen LogP contribution is -2.46. The third-order valence-electron chi connectivity index (χ3n) is 13.9. The van der Waals surface area contributed by atoms with E-state index in [2.05, 4.69) is 72.9 Å². The van der Waals surface area contributed by atoms with Crippen molar-refractivity contribution in [2.45, 2.75) is 74.3 Å². The number of thioether (sulfide) groups is 1. The highest BCUT2D eigenvalue weighted by Crippen LogP contribution is 2.42. The molecule has 67 heavy (non-hydrogen) atoms. The van der Waals surface area contributed by atoms with Crippen molar-refractivity contribution in [2.75, 3.05) is 64.9 Å². The van der Waals surface area contributed by atoms with Crippen LogP contribution >= 0.6 is 23.4 Å². The van der Waals surface area contributed by atoms with Crippen molar-refractivity contribution in [3.05, 3.63) is 143 Å². The van der Waals surface area contributed by atoms with Crippen LogP contribution in [0.5, 0.6) is 0 Å². The Kier molecular flexibility index (Phi) is 13.7. The number of halogens is 1. The van der Waals surface area contributed by atoms with Gasteiger partial charge in [0.1, 0.15) is 0 Å². The number of benzene rings is 5. The molecule has 10 nitrogen and oxygen atoms in total. The van der Waals surface area contributed by atoms with Crippen molar-refractivity contribution in [1.82, 2.24) is 9.47 Å². The number of aryl methyl sites for hydroxylation is 1. The maximum absolute atomic E-state index is 14.0. The molecule has 3 heterocycles. The Bertz CT molecular complexity index is 2810. The third-order valence-corrected chi connectivity index (χ3v) is 16.7. The maximum atomic E-state index is 14.0. The standard InChI is InChI=1S/C54H61ClN6O4S2/c1-37-32-48(24-25-49(37)56-44(19-14-39-34-54(3,63)35-39)36-66-47-12-6-5-7-13-47)67(64,65)57-43-20-22-45(23-21-43)59-28-30-60(31-29-59)46-11-8-10-41(33-46)51-50(53(62)61-26-9-27-61)38(2)58(4)52(51)40-15-17-42(55)18-16-40/h5-8,10-13,15-18,20-25,32-33,39,44,56-57,63H,9,14,19,26-31,34-36H2,1-4H3/t39?,44-,54?/m1/s1. The van der Waals surface area contributed by atoms with Crippen LogP contribution in [0.2, 0.25) is 5.02 Å². The predicted octanol–water partition coefficient (Wildman–Crippen LogP) is 11.1. The predicted molar refractivity (Wildman–Crippen MR) is 277 cm³/mol. The molecule has 2 aliphatic heterocycles. The van der Waals surface area contributed by atoms with Crippen LogP contribution in [0.3, 0.4) is 0 Å². The van der Waals surface area contributed by atoms with Gasteiger partial charge in [-0.15, -0.1) is 11.8 Å². The number of hydrogen-bond donors (Lipinski definition) is 3. The summed E-state index contributed by atoms with van der Waals surface area (Å²) in [5.41, 5.74) is 9.56. The highest BCUT2D eigenvalue weighted by molar-refractivity contribution is 7.99. The minimum atomic E-state index is -3.84. The molecule has 6 aromatic rings. The lowest BCUT2D eigenvalue weighted by molar-refractivity contribution is -0.0598. The number of aromatic nitrogens is 1. The smallest absolute Gasteiger partial charge is 0.261 e. The molecule has 3 aliphatic rings. The van der Waals surface area contributed by atoms with Gasteiger partial charge in [0.15, 0.2) is 0 Å². The van der Waals surface area contributed by atoms with E-state index in [0.717, 1.165) is 133 Å². The van der Waals surface area contributed by atoms with Gasteiger partial charge in [0.25, 0.3) is 15.9 Å². The number of aliphatic hydroxyl groups is 1. The van der Waals surface area contributed by atoms with Gasteiger partial charge in [-0.2, -0.15) is 0 Å². The van der Waals surface area contributed by atoms with Crippen LogP contribution in [0.1, 0.15) is 60.6 Å². The number of sulfonamides is 1. The Morgan fingerprint density at radius 1 is 0.821 bits per heavy atom. The summed E-state index contributed by atoms with van der Waals surface area (Å²) in [6, 6.07) is 39.9. The molecule has 3 fully saturated rings. The van der Waals surface area contributed by atoms with Crippen LogP contribution in [0.15, 0.2) is 131 Å². The second-order valence-electron chi connectivity index (χ2n) is 18.9. The van der Waals surface area contributed by atoms with Gasteiger partial charge in [-0.3, -0.25) is 9.52 Å². The molecular formula is C54H61ClN6O4S2. The molecular weight excluding hydrogens is 896 g/mol. The number of anilines is 4. The molecule has 1 aliphatic carbocycles. The Labute approximate surface area is 405 Å². The minimum Gasteiger partial charge on any atom is -0.390 e. The van der Waals surface area contributed by atoms with E-state index in [1.807, 2.05) is 105 Å². The summed E-state index contributed by atoms with van der Waals surface area (Å²) >= 11 is 8.12. The summed E-state index contributed by atoms with van der Waals surface area (Å²) < 4.78 is 32.4. The molecule has 0 unspecified atom stereocenters. The van der Waals surface area contributed by atoms with Crippen LogP contribution < -0.4 is 19.8 Å². The maximum Gasteiger partial charge on any atom is 0.261 e. The Morgan fingerprint density at radius 3 is 2.15 bits per heavy atom. The zero-order chi connectivity index (χ0) is 46.9. The van der Waals surface area contributed by atoms with Crippen LogP contribution in [0.25, 0.3) is 22.4 Å². The number of nitrogens with zero attached hydrogens (tertiary/aromatic N) is 4. The Hall–Kier alpha value is -5.40. The summed E-state index contributed by atoms with van der Waals surface area (Å²) in [5.74, 6) is 1.48. The third kappa shape index (κ3) is 10.5. The van der Waals surface area contributed by atoms with Gasteiger partial charge in [0.2, 0.25) is 0 Å². The van der Waals surface area contributed by atoms with Gasteiger partial charge < -0.3 is 29.7 Å². The van der Waals surface area contributed by atoms with Gasteiger partial charge in [0, 0.05) is 102 Å². The SMILES string of the molecule is Cc1cc(S(=O)(=O)Nc2ccc(N3CCN(c4cccc(-c5c(C(=O)N6CCC6)c(C)n(C)c5-c5ccc(Cl)cc5)c4)CC3)cc2)ccc1N[C@H](CCC1CC(C)(O)C1)CSc1ccccc1. The highest BCUT2D eigenvalue weighted by Gasteiger charge is 2.38. The first-order valence-corrected chi connectivity index (χ1v) is 26.3. The van der Waals surface area contributed by atoms with Crippen molar-refractivity contribution >= 4 is 62.0 Å². The molecule has 5 aromatic carbocycles. The first-order valence-electron chi connectivity index (χ1n) is 23.5. The van der Waals surface area contributed by atoms with Gasteiger partial charge in [0.05, 0.1) is 21.8 Å². The lowest BCUT2D eigenvalue weighted by atomic mass is 9.70. The molecule has 1 amide bonds. The Morgan fingerprint density at radius 2 is 1.51 bits per heavy atom. The van der Waals surface area contributed by atoms with E-state index >= 15 is 0 Å². The molecule has 0 spiro atoms. The average Bonchev–Trinajstić information content (AvgIpc) is 3.56. The minimum absolute atomic E-state index is 0.0793. The number of rotatable bonds is 16. The number of piperazine rings is 1. The lowest BCUT2D eigenvalue weighted by Gasteiger charge is -2.41. The number of carbonyl (C=O) groups is 1. The van der Waals surface area contributed by atoms with Crippen LogP contribution in [-0.4, -0.2) is 85.6 Å². The summed E-state index contributed by atoms with van der Waals surface area (Å²) in [6.45, 7) is 10.7. The highest BCUT2D eigenvalue weighted by atomic mass is 35.5. The summed E-state index contributed by atoms with van der Waals surface area (Å²) in [6.07, 6.45) is 4.72. The zero-order valence-corrected chi connectivity index (χ0v) is 41.2. The van der Waals surface area contributed by atoms with Crippen molar-refractivity contribution in [3.63, 3.8) is 0 Å². The second-order valence-corrected chi connectivity index (χ2v) is 22.1. The normalized spacial score (nSPS) is 18.8. The van der Waals surface area contributed by atoms with E-state index in [4.69, 9.17) is 11.6 Å². The van der Waals surface area contributed by atoms with Crippen LogP contribution in [0.4, 0.5) is 22.7 Å². The van der Waals surface area contributed by atoms with E-state index in [1.165, 1.54) is 4.90 Å². The Balaban J connectivity index is 0.837. The van der Waals surface area contributed by atoms with Gasteiger partial charge in [-0.05, 0) is 154 Å². The summed E-state index contributed by atoms with van der Waals surface area (Å²) in [7, 11) is -1.81. The first kappa shape index (κ1) is 46.7. The molecule has 0 bridgehead atoms. The second kappa shape index (κ2) is 19.7. The summed E-state index contributed by atoms with van der Waals surface area (Å²) in [4.78, 5) is 22.1. The average molecular weight is 958 g/mol. The van der Waals surface area contributed by atoms with Crippen LogP contribution in [-0.2, 0) is 17.1 Å². The van der Waals surface area contributed by atoms with Crippen molar-refractivity contribution < 1.29 is 18.3 Å². The molecule has 9 rings (SSSR count). The summed E-state index contributed by atoms with van der Waals surface area (Å²) in [5, 5.41) is 14.7. The molecule has 0 radical (unpaired) electrons. The number of amides is 1. The van der Waals surface area contributed by atoms with Crippen molar-refractivity contribution in [1.29, 1.82) is 0 Å². The fraction of sp³-hybridized carbons (Fsp3) is 0.352. The van der Waals surface area contributed by atoms with Crippen molar-refractivity contribution in [3.8, 4) is 22.4 Å². The van der Waals surface area contributed by atoms with Gasteiger partial charge >= 0.3 is 0 Å². The number of carbonyl (C=O) groups excluding carboxylic acids is 1. The fourth-order valence-electron chi connectivity index (χ4n) is 9.92. The topological polar surface area (TPSA) is 110 Å². The molecule has 3 N–H and O–H groups in total. The van der Waals surface area contributed by atoms with E-state index in [1.54, 1.807) is 12.1 Å². The van der Waals surface area contributed by atoms with E-state index in [9.17, 15) is 18.3 Å². The molecule has 13 heteroatoms. The molecule has 1 atom stereocenters. The van der Waals surface area contributed by atoms with Crippen molar-refractivity contribution in [2.24, 2.45) is 13.0 Å². The first-order chi connectivity index (χ1) is 32.2. The fourth-order valence-corrected chi connectivity index (χ4v) is 12.2. The van der Waals surface area contributed by atoms with E-state index in [0.29, 0.717) is 16.6 Å². The van der Waals surface area contributed by atoms with Crippen LogP contribution in [0, 0.1) is 19.8 Å². The monoisotopic (exact) mass is 956 g/mol.